The van der Waals surface area contributed by atoms with E-state index in [2.05, 4.69) is 50.4 Å². The van der Waals surface area contributed by atoms with Crippen LogP contribution in [0.25, 0.3) is 0 Å². The standard InChI is InChI=1S/C14H17NS.BrH/c1-14(2,3)12-10-16-13(15-12)9-11-7-5-4-6-8-11;/h4-8,10H,9H2,1-3H3;1H. The summed E-state index contributed by atoms with van der Waals surface area (Å²) in [5.74, 6) is 0. The molecule has 0 aliphatic heterocycles. The first-order valence-electron chi connectivity index (χ1n) is 5.54. The normalized spacial score (nSPS) is 11.0. The van der Waals surface area contributed by atoms with E-state index < -0.39 is 0 Å². The molecule has 0 aliphatic rings. The summed E-state index contributed by atoms with van der Waals surface area (Å²) < 4.78 is 0. The molecule has 92 valence electrons. The summed E-state index contributed by atoms with van der Waals surface area (Å²) in [7, 11) is 0. The molecule has 0 radical (unpaired) electrons. The lowest BCUT2D eigenvalue weighted by Gasteiger charge is -2.14. The first-order chi connectivity index (χ1) is 7.55. The van der Waals surface area contributed by atoms with Crippen LogP contribution in [0.4, 0.5) is 0 Å². The quantitative estimate of drug-likeness (QED) is 0.789. The van der Waals surface area contributed by atoms with Gasteiger partial charge in [-0.25, -0.2) is 4.98 Å². The van der Waals surface area contributed by atoms with E-state index >= 15 is 0 Å². The summed E-state index contributed by atoms with van der Waals surface area (Å²) in [6, 6.07) is 10.5. The molecule has 0 atom stereocenters. The van der Waals surface area contributed by atoms with Gasteiger partial charge in [0.1, 0.15) is 0 Å². The van der Waals surface area contributed by atoms with Crippen LogP contribution >= 0.6 is 28.3 Å². The van der Waals surface area contributed by atoms with Gasteiger partial charge in [0, 0.05) is 17.2 Å². The molecule has 0 amide bonds. The average molecular weight is 312 g/mol. The molecular formula is C14H18BrNS. The van der Waals surface area contributed by atoms with Crippen molar-refractivity contribution in [2.45, 2.75) is 32.6 Å². The van der Waals surface area contributed by atoms with Crippen molar-refractivity contribution in [1.29, 1.82) is 0 Å². The summed E-state index contributed by atoms with van der Waals surface area (Å²) in [5, 5.41) is 3.38. The average Bonchev–Trinajstić information content (AvgIpc) is 2.67. The van der Waals surface area contributed by atoms with Crippen LogP contribution in [-0.2, 0) is 11.8 Å². The Morgan fingerprint density at radius 3 is 2.29 bits per heavy atom. The fraction of sp³-hybridized carbons (Fsp3) is 0.357. The number of thiazole rings is 1. The molecule has 0 fully saturated rings. The van der Waals surface area contributed by atoms with E-state index in [1.54, 1.807) is 11.3 Å². The maximum Gasteiger partial charge on any atom is 0.0972 e. The summed E-state index contributed by atoms with van der Waals surface area (Å²) in [6.07, 6.45) is 0.946. The van der Waals surface area contributed by atoms with Gasteiger partial charge in [0.15, 0.2) is 0 Å². The lowest BCUT2D eigenvalue weighted by atomic mass is 9.93. The number of nitrogens with zero attached hydrogens (tertiary/aromatic N) is 1. The second-order valence-electron chi connectivity index (χ2n) is 5.04. The maximum absolute atomic E-state index is 4.70. The number of halogens is 1. The Morgan fingerprint density at radius 2 is 1.76 bits per heavy atom. The van der Waals surface area contributed by atoms with Crippen molar-refractivity contribution in [3.05, 3.63) is 52.0 Å². The minimum atomic E-state index is 0. The molecule has 0 aliphatic carbocycles. The Bertz CT molecular complexity index is 457. The van der Waals surface area contributed by atoms with Gasteiger partial charge < -0.3 is 0 Å². The summed E-state index contributed by atoms with van der Waals surface area (Å²) in [5.41, 5.74) is 2.69. The van der Waals surface area contributed by atoms with E-state index in [9.17, 15) is 0 Å². The largest absolute Gasteiger partial charge is 0.245 e. The van der Waals surface area contributed by atoms with Gasteiger partial charge in [0.25, 0.3) is 0 Å². The van der Waals surface area contributed by atoms with Gasteiger partial charge in [0.05, 0.1) is 10.7 Å². The third kappa shape index (κ3) is 3.93. The van der Waals surface area contributed by atoms with Crippen LogP contribution in [0.2, 0.25) is 0 Å². The highest BCUT2D eigenvalue weighted by atomic mass is 79.9. The zero-order valence-corrected chi connectivity index (χ0v) is 13.0. The van der Waals surface area contributed by atoms with Crippen molar-refractivity contribution in [2.75, 3.05) is 0 Å². The smallest absolute Gasteiger partial charge is 0.0972 e. The summed E-state index contributed by atoms with van der Waals surface area (Å²) in [6.45, 7) is 6.61. The molecule has 0 N–H and O–H groups in total. The summed E-state index contributed by atoms with van der Waals surface area (Å²) in [4.78, 5) is 4.70. The fourth-order valence-corrected chi connectivity index (χ4v) is 2.56. The molecule has 0 saturated carbocycles. The van der Waals surface area contributed by atoms with E-state index in [1.807, 2.05) is 6.07 Å². The Hall–Kier alpha value is -0.670. The van der Waals surface area contributed by atoms with E-state index in [1.165, 1.54) is 16.3 Å². The van der Waals surface area contributed by atoms with Crippen LogP contribution in [0.15, 0.2) is 35.7 Å². The van der Waals surface area contributed by atoms with Crippen LogP contribution in [-0.4, -0.2) is 4.98 Å². The highest BCUT2D eigenvalue weighted by molar-refractivity contribution is 8.93. The van der Waals surface area contributed by atoms with Gasteiger partial charge in [-0.05, 0) is 5.56 Å². The summed E-state index contributed by atoms with van der Waals surface area (Å²) >= 11 is 1.76. The second-order valence-corrected chi connectivity index (χ2v) is 5.98. The SMILES string of the molecule is Br.CC(C)(C)c1csc(Cc2ccccc2)n1. The molecule has 0 saturated heterocycles. The number of benzene rings is 1. The second kappa shape index (κ2) is 5.78. The topological polar surface area (TPSA) is 12.9 Å². The van der Waals surface area contributed by atoms with E-state index in [0.717, 1.165) is 6.42 Å². The van der Waals surface area contributed by atoms with Crippen LogP contribution in [0.1, 0.15) is 37.0 Å². The Labute approximate surface area is 118 Å². The number of rotatable bonds is 2. The third-order valence-electron chi connectivity index (χ3n) is 2.52. The molecule has 1 nitrogen and oxygen atoms in total. The van der Waals surface area contributed by atoms with Gasteiger partial charge >= 0.3 is 0 Å². The molecule has 17 heavy (non-hydrogen) atoms. The van der Waals surface area contributed by atoms with Crippen molar-refractivity contribution in [2.24, 2.45) is 0 Å². The van der Waals surface area contributed by atoms with Gasteiger partial charge in [-0.2, -0.15) is 0 Å². The molecule has 0 unspecified atom stereocenters. The molecule has 0 bridgehead atoms. The highest BCUT2D eigenvalue weighted by Crippen LogP contribution is 2.24. The van der Waals surface area contributed by atoms with Crippen LogP contribution in [0.3, 0.4) is 0 Å². The molecular weight excluding hydrogens is 294 g/mol. The first-order valence-corrected chi connectivity index (χ1v) is 6.42. The lowest BCUT2D eigenvalue weighted by molar-refractivity contribution is 0.571. The van der Waals surface area contributed by atoms with Gasteiger partial charge in [-0.15, -0.1) is 28.3 Å². The predicted molar refractivity (Wildman–Crippen MR) is 80.4 cm³/mol. The van der Waals surface area contributed by atoms with Crippen molar-refractivity contribution in [1.82, 2.24) is 4.98 Å². The lowest BCUT2D eigenvalue weighted by Crippen LogP contribution is -2.11. The maximum atomic E-state index is 4.70. The van der Waals surface area contributed by atoms with Crippen molar-refractivity contribution >= 4 is 28.3 Å². The minimum absolute atomic E-state index is 0. The molecule has 3 heteroatoms. The van der Waals surface area contributed by atoms with Gasteiger partial charge in [-0.3, -0.25) is 0 Å². The molecule has 1 aromatic carbocycles. The van der Waals surface area contributed by atoms with Crippen LogP contribution in [0, 0.1) is 0 Å². The van der Waals surface area contributed by atoms with Crippen molar-refractivity contribution in [3.63, 3.8) is 0 Å². The minimum Gasteiger partial charge on any atom is -0.245 e. The van der Waals surface area contributed by atoms with Crippen LogP contribution < -0.4 is 0 Å². The molecule has 1 aromatic heterocycles. The third-order valence-corrected chi connectivity index (χ3v) is 3.37. The van der Waals surface area contributed by atoms with E-state index in [-0.39, 0.29) is 22.4 Å². The molecule has 2 aromatic rings. The van der Waals surface area contributed by atoms with E-state index in [0.29, 0.717) is 0 Å². The number of aromatic nitrogens is 1. The molecule has 1 heterocycles. The Balaban J connectivity index is 0.00000144. The highest BCUT2D eigenvalue weighted by Gasteiger charge is 2.17. The monoisotopic (exact) mass is 311 g/mol. The first kappa shape index (κ1) is 14.4. The molecule has 2 rings (SSSR count). The number of hydrogen-bond donors (Lipinski definition) is 0. The molecule has 0 spiro atoms. The zero-order chi connectivity index (χ0) is 11.6. The van der Waals surface area contributed by atoms with Crippen molar-refractivity contribution in [3.8, 4) is 0 Å². The van der Waals surface area contributed by atoms with Gasteiger partial charge in [0.2, 0.25) is 0 Å². The van der Waals surface area contributed by atoms with Crippen LogP contribution in [0.5, 0.6) is 0 Å². The fourth-order valence-electron chi connectivity index (χ4n) is 1.51. The van der Waals surface area contributed by atoms with Gasteiger partial charge in [-0.1, -0.05) is 51.1 Å². The van der Waals surface area contributed by atoms with E-state index in [4.69, 9.17) is 4.98 Å². The Kier molecular flexibility index (Phi) is 4.90. The Morgan fingerprint density at radius 1 is 1.12 bits per heavy atom. The predicted octanol–water partition coefficient (Wildman–Crippen LogP) is 4.61. The zero-order valence-electron chi connectivity index (χ0n) is 10.4. The van der Waals surface area contributed by atoms with Crippen molar-refractivity contribution < 1.29 is 0 Å². The number of hydrogen-bond acceptors (Lipinski definition) is 2.